The van der Waals surface area contributed by atoms with E-state index in [9.17, 15) is 9.90 Å². The number of nitrogens with one attached hydrogen (secondary N) is 1. The fourth-order valence-corrected chi connectivity index (χ4v) is 4.58. The molecule has 0 spiro atoms. The van der Waals surface area contributed by atoms with Crippen molar-refractivity contribution in [3.8, 4) is 11.3 Å². The summed E-state index contributed by atoms with van der Waals surface area (Å²) in [7, 11) is 2.03. The molecule has 2 aliphatic rings. The van der Waals surface area contributed by atoms with Crippen LogP contribution in [0.25, 0.3) is 22.4 Å². The molecular formula is C23H27N5O4. The number of rotatable bonds is 6. The largest absolute Gasteiger partial charge is 0.478 e. The van der Waals surface area contributed by atoms with Gasteiger partial charge < -0.3 is 24.6 Å². The lowest BCUT2D eigenvalue weighted by molar-refractivity contribution is 0.0697. The van der Waals surface area contributed by atoms with Gasteiger partial charge >= 0.3 is 5.97 Å². The molecule has 32 heavy (non-hydrogen) atoms. The van der Waals surface area contributed by atoms with Crippen LogP contribution in [-0.4, -0.2) is 58.5 Å². The molecule has 1 saturated heterocycles. The fourth-order valence-electron chi connectivity index (χ4n) is 4.58. The molecule has 3 heterocycles. The van der Waals surface area contributed by atoms with Crippen LogP contribution in [-0.2, 0) is 4.74 Å². The maximum absolute atomic E-state index is 11.2. The summed E-state index contributed by atoms with van der Waals surface area (Å²) in [5.74, 6) is 0.320. The van der Waals surface area contributed by atoms with Crippen molar-refractivity contribution in [2.75, 3.05) is 30.5 Å². The molecule has 168 valence electrons. The van der Waals surface area contributed by atoms with Gasteiger partial charge in [0.25, 0.3) is 0 Å². The molecule has 1 aliphatic carbocycles. The van der Waals surface area contributed by atoms with Gasteiger partial charge in [0.15, 0.2) is 5.82 Å². The molecule has 0 atom stereocenters. The molecule has 9 nitrogen and oxygen atoms in total. The van der Waals surface area contributed by atoms with Crippen LogP contribution in [0.2, 0.25) is 0 Å². The minimum absolute atomic E-state index is 0.222. The van der Waals surface area contributed by atoms with Gasteiger partial charge in [-0.25, -0.2) is 9.78 Å². The Hall–Kier alpha value is -3.20. The van der Waals surface area contributed by atoms with Gasteiger partial charge in [0, 0.05) is 37.9 Å². The van der Waals surface area contributed by atoms with Crippen molar-refractivity contribution in [1.82, 2.24) is 15.1 Å². The molecule has 1 aromatic carbocycles. The predicted octanol–water partition coefficient (Wildman–Crippen LogP) is 3.95. The minimum Gasteiger partial charge on any atom is -0.478 e. The van der Waals surface area contributed by atoms with Gasteiger partial charge in [-0.05, 0) is 37.8 Å². The van der Waals surface area contributed by atoms with Crippen molar-refractivity contribution >= 4 is 28.8 Å². The summed E-state index contributed by atoms with van der Waals surface area (Å²) in [6.07, 6.45) is 6.49. The lowest BCUT2D eigenvalue weighted by Gasteiger charge is -2.32. The van der Waals surface area contributed by atoms with Crippen LogP contribution < -0.4 is 10.2 Å². The molecule has 5 rings (SSSR count). The van der Waals surface area contributed by atoms with E-state index in [0.29, 0.717) is 40.6 Å². The van der Waals surface area contributed by atoms with Gasteiger partial charge in [0.2, 0.25) is 11.5 Å². The number of ether oxygens (including phenoxy) is 1. The second-order valence-corrected chi connectivity index (χ2v) is 8.54. The number of aromatic nitrogens is 3. The second kappa shape index (κ2) is 8.74. The maximum atomic E-state index is 11.2. The van der Waals surface area contributed by atoms with E-state index in [4.69, 9.17) is 19.2 Å². The molecule has 0 radical (unpaired) electrons. The third-order valence-electron chi connectivity index (χ3n) is 6.47. The third kappa shape index (κ3) is 4.00. The Bertz CT molecular complexity index is 1100. The van der Waals surface area contributed by atoms with Crippen LogP contribution in [0, 0.1) is 0 Å². The SMILES string of the molecule is CN(c1nc(NC2CCCC2)nc2c(-c3ccc(C(=O)O)cc3)noc12)C1CCOCC1. The van der Waals surface area contributed by atoms with Crippen molar-refractivity contribution in [1.29, 1.82) is 0 Å². The number of nitrogens with zero attached hydrogens (tertiary/aromatic N) is 4. The number of hydrogen-bond acceptors (Lipinski definition) is 8. The van der Waals surface area contributed by atoms with Crippen molar-refractivity contribution in [2.45, 2.75) is 50.6 Å². The van der Waals surface area contributed by atoms with Crippen LogP contribution in [0.5, 0.6) is 0 Å². The van der Waals surface area contributed by atoms with E-state index < -0.39 is 5.97 Å². The van der Waals surface area contributed by atoms with Crippen LogP contribution >= 0.6 is 0 Å². The van der Waals surface area contributed by atoms with E-state index in [1.807, 2.05) is 7.05 Å². The number of benzene rings is 1. The fraction of sp³-hybridized carbons (Fsp3) is 0.478. The van der Waals surface area contributed by atoms with Gasteiger partial charge in [-0.1, -0.05) is 30.1 Å². The standard InChI is InChI=1S/C23H27N5O4/c1-28(17-10-12-31-13-11-17)21-20-19(25-23(26-21)24-16-4-2-3-5-16)18(27-32-20)14-6-8-15(9-7-14)22(29)30/h6-9,16-17H,2-5,10-13H2,1H3,(H,29,30)(H,24,25,26). The molecular weight excluding hydrogens is 410 g/mol. The predicted molar refractivity (Wildman–Crippen MR) is 120 cm³/mol. The highest BCUT2D eigenvalue weighted by molar-refractivity contribution is 5.95. The molecule has 1 saturated carbocycles. The maximum Gasteiger partial charge on any atom is 0.335 e. The number of anilines is 2. The summed E-state index contributed by atoms with van der Waals surface area (Å²) in [5, 5.41) is 17.0. The van der Waals surface area contributed by atoms with Gasteiger partial charge in [0.1, 0.15) is 11.2 Å². The van der Waals surface area contributed by atoms with E-state index in [0.717, 1.165) is 44.5 Å². The van der Waals surface area contributed by atoms with Crippen molar-refractivity contribution < 1.29 is 19.2 Å². The first-order valence-electron chi connectivity index (χ1n) is 11.2. The molecule has 2 fully saturated rings. The number of fused-ring (bicyclic) bond motifs is 1. The van der Waals surface area contributed by atoms with E-state index in [-0.39, 0.29) is 5.56 Å². The molecule has 9 heteroatoms. The monoisotopic (exact) mass is 437 g/mol. The molecule has 2 N–H and O–H groups in total. The first-order valence-corrected chi connectivity index (χ1v) is 11.2. The molecule has 0 bridgehead atoms. The third-order valence-corrected chi connectivity index (χ3v) is 6.47. The van der Waals surface area contributed by atoms with Crippen LogP contribution in [0.1, 0.15) is 48.9 Å². The van der Waals surface area contributed by atoms with Crippen molar-refractivity contribution in [3.05, 3.63) is 29.8 Å². The van der Waals surface area contributed by atoms with Crippen LogP contribution in [0.3, 0.4) is 0 Å². The Morgan fingerprint density at radius 3 is 2.50 bits per heavy atom. The Labute approximate surface area is 185 Å². The molecule has 0 amide bonds. The number of aromatic carboxylic acids is 1. The topological polar surface area (TPSA) is 114 Å². The molecule has 3 aromatic rings. The van der Waals surface area contributed by atoms with E-state index in [2.05, 4.69) is 15.4 Å². The van der Waals surface area contributed by atoms with Crippen LogP contribution in [0.4, 0.5) is 11.8 Å². The molecule has 0 unspecified atom stereocenters. The summed E-state index contributed by atoms with van der Waals surface area (Å²) < 4.78 is 11.3. The minimum atomic E-state index is -0.965. The summed E-state index contributed by atoms with van der Waals surface area (Å²) in [5.41, 5.74) is 2.71. The number of carboxylic acid groups (broad SMARTS) is 1. The summed E-state index contributed by atoms with van der Waals surface area (Å²) in [4.78, 5) is 23.0. The van der Waals surface area contributed by atoms with Crippen molar-refractivity contribution in [3.63, 3.8) is 0 Å². The molecule has 2 aromatic heterocycles. The van der Waals surface area contributed by atoms with Crippen LogP contribution in [0.15, 0.2) is 28.8 Å². The van der Waals surface area contributed by atoms with E-state index in [1.54, 1.807) is 24.3 Å². The Morgan fingerprint density at radius 1 is 1.09 bits per heavy atom. The van der Waals surface area contributed by atoms with Gasteiger partial charge in [-0.2, -0.15) is 4.98 Å². The Balaban J connectivity index is 1.57. The highest BCUT2D eigenvalue weighted by atomic mass is 16.5. The van der Waals surface area contributed by atoms with Gasteiger partial charge in [0.05, 0.1) is 5.56 Å². The number of carbonyl (C=O) groups is 1. The zero-order valence-corrected chi connectivity index (χ0v) is 18.1. The summed E-state index contributed by atoms with van der Waals surface area (Å²) in [6, 6.07) is 7.25. The smallest absolute Gasteiger partial charge is 0.335 e. The molecule has 1 aliphatic heterocycles. The normalized spacial score (nSPS) is 17.7. The van der Waals surface area contributed by atoms with E-state index >= 15 is 0 Å². The number of hydrogen-bond donors (Lipinski definition) is 2. The average molecular weight is 438 g/mol. The Kier molecular flexibility index (Phi) is 5.65. The first-order chi connectivity index (χ1) is 15.6. The lowest BCUT2D eigenvalue weighted by atomic mass is 10.1. The highest BCUT2D eigenvalue weighted by Crippen LogP contribution is 2.34. The average Bonchev–Trinajstić information content (AvgIpc) is 3.49. The van der Waals surface area contributed by atoms with Crippen molar-refractivity contribution in [2.24, 2.45) is 0 Å². The lowest BCUT2D eigenvalue weighted by Crippen LogP contribution is -2.37. The Morgan fingerprint density at radius 2 is 1.81 bits per heavy atom. The zero-order chi connectivity index (χ0) is 22.1. The quantitative estimate of drug-likeness (QED) is 0.591. The second-order valence-electron chi connectivity index (χ2n) is 8.54. The van der Waals surface area contributed by atoms with Gasteiger partial charge in [-0.3, -0.25) is 0 Å². The van der Waals surface area contributed by atoms with E-state index in [1.165, 1.54) is 12.8 Å². The first kappa shape index (κ1) is 20.7. The summed E-state index contributed by atoms with van der Waals surface area (Å²) in [6.45, 7) is 1.46. The number of carboxylic acids is 1. The summed E-state index contributed by atoms with van der Waals surface area (Å²) >= 11 is 0. The highest BCUT2D eigenvalue weighted by Gasteiger charge is 2.27. The van der Waals surface area contributed by atoms with Gasteiger partial charge in [-0.15, -0.1) is 0 Å². The zero-order valence-electron chi connectivity index (χ0n) is 18.1.